The first-order chi connectivity index (χ1) is 13.0. The molecular formula is C25H23P2. The predicted octanol–water partition coefficient (Wildman–Crippen LogP) is 8.06. The van der Waals surface area contributed by atoms with Gasteiger partial charge in [-0.05, 0) is 96.3 Å². The molecule has 2 atom stereocenters. The van der Waals surface area contributed by atoms with Gasteiger partial charge in [0.1, 0.15) is 0 Å². The average Bonchev–Trinajstić information content (AvgIpc) is 3.29. The molecule has 0 N–H and O–H groups in total. The predicted molar refractivity (Wildman–Crippen MR) is 121 cm³/mol. The number of hydrogen-bond donors (Lipinski definition) is 0. The van der Waals surface area contributed by atoms with E-state index in [1.807, 2.05) is 0 Å². The van der Waals surface area contributed by atoms with Gasteiger partial charge in [-0.1, -0.05) is 36.4 Å². The third kappa shape index (κ3) is 2.59. The highest BCUT2D eigenvalue weighted by atomic mass is 31.1. The zero-order valence-electron chi connectivity index (χ0n) is 16.3. The molecule has 2 unspecified atom stereocenters. The van der Waals surface area contributed by atoms with E-state index in [1.54, 1.807) is 5.30 Å². The summed E-state index contributed by atoms with van der Waals surface area (Å²) >= 11 is 0. The molecule has 2 aromatic carbocycles. The van der Waals surface area contributed by atoms with Crippen LogP contribution in [0.2, 0.25) is 0 Å². The zero-order chi connectivity index (χ0) is 18.7. The second-order valence-electron chi connectivity index (χ2n) is 7.70. The summed E-state index contributed by atoms with van der Waals surface area (Å²) in [5.41, 5.74) is 11.2. The Balaban J connectivity index is 1.86. The molecule has 1 aliphatic carbocycles. The molecule has 1 radical (unpaired) electrons. The highest BCUT2D eigenvalue weighted by Crippen LogP contribution is 2.53. The molecule has 2 heteroatoms. The van der Waals surface area contributed by atoms with Crippen molar-refractivity contribution in [2.75, 3.05) is 0 Å². The van der Waals surface area contributed by atoms with Crippen LogP contribution in [-0.2, 0) is 19.8 Å². The molecule has 5 rings (SSSR count). The van der Waals surface area contributed by atoms with E-state index in [0.717, 1.165) is 6.42 Å². The summed E-state index contributed by atoms with van der Waals surface area (Å²) in [5, 5.41) is 3.06. The van der Waals surface area contributed by atoms with Crippen molar-refractivity contribution >= 4 is 15.1 Å². The first-order valence-corrected chi connectivity index (χ1v) is 13.2. The van der Waals surface area contributed by atoms with Crippen LogP contribution in [0.5, 0.6) is 0 Å². The molecule has 0 saturated heterocycles. The topological polar surface area (TPSA) is 0 Å². The lowest BCUT2D eigenvalue weighted by molar-refractivity contribution is 1.26. The number of fused-ring (bicyclic) bond motifs is 3. The van der Waals surface area contributed by atoms with Gasteiger partial charge in [-0.15, -0.1) is 15.1 Å². The second kappa shape index (κ2) is 6.27. The van der Waals surface area contributed by atoms with Crippen LogP contribution in [0.15, 0.2) is 54.1 Å². The molecule has 133 valence electrons. The summed E-state index contributed by atoms with van der Waals surface area (Å²) in [5.74, 6) is 4.79. The van der Waals surface area contributed by atoms with Gasteiger partial charge in [0.2, 0.25) is 0 Å². The van der Waals surface area contributed by atoms with Gasteiger partial charge in [0.25, 0.3) is 0 Å². The van der Waals surface area contributed by atoms with Crippen molar-refractivity contribution in [1.82, 2.24) is 0 Å². The van der Waals surface area contributed by atoms with Gasteiger partial charge in [0.15, 0.2) is 0 Å². The quantitative estimate of drug-likeness (QED) is 0.288. The number of rotatable bonds is 2. The van der Waals surface area contributed by atoms with E-state index in [2.05, 4.69) is 87.3 Å². The normalized spacial score (nSPS) is 13.6. The summed E-state index contributed by atoms with van der Waals surface area (Å²) < 4.78 is 0. The van der Waals surface area contributed by atoms with E-state index in [4.69, 9.17) is 0 Å². The third-order valence-corrected chi connectivity index (χ3v) is 9.65. The van der Waals surface area contributed by atoms with Crippen molar-refractivity contribution in [2.45, 2.75) is 20.3 Å². The van der Waals surface area contributed by atoms with E-state index < -0.39 is 0 Å². The summed E-state index contributed by atoms with van der Waals surface area (Å²) in [6, 6.07) is 19.9. The van der Waals surface area contributed by atoms with Crippen LogP contribution in [0.1, 0.15) is 22.3 Å². The summed E-state index contributed by atoms with van der Waals surface area (Å²) in [4.78, 5) is 0. The Kier molecular flexibility index (Phi) is 3.98. The van der Waals surface area contributed by atoms with Gasteiger partial charge in [-0.3, -0.25) is 0 Å². The first kappa shape index (κ1) is 17.1. The van der Waals surface area contributed by atoms with Crippen molar-refractivity contribution in [3.8, 4) is 32.8 Å². The zero-order valence-corrected chi connectivity index (χ0v) is 18.1. The van der Waals surface area contributed by atoms with E-state index in [9.17, 15) is 0 Å². The van der Waals surface area contributed by atoms with Crippen LogP contribution in [0.3, 0.4) is 0 Å². The molecule has 4 aromatic rings. The molecule has 0 saturated carbocycles. The number of hydrogen-bond acceptors (Lipinski definition) is 0. The summed E-state index contributed by atoms with van der Waals surface area (Å²) in [7, 11) is -0.470. The molecular weight excluding hydrogens is 362 g/mol. The molecule has 27 heavy (non-hydrogen) atoms. The Morgan fingerprint density at radius 2 is 1.44 bits per heavy atom. The summed E-state index contributed by atoms with van der Waals surface area (Å²) in [6.07, 6.45) is 1.01. The van der Waals surface area contributed by atoms with Crippen LogP contribution in [0.25, 0.3) is 32.8 Å². The molecule has 0 spiro atoms. The molecule has 0 bridgehead atoms. The van der Waals surface area contributed by atoms with Crippen LogP contribution >= 0.6 is 15.1 Å². The largest absolute Gasteiger partial charge is 0.120 e. The molecule has 0 fully saturated rings. The van der Waals surface area contributed by atoms with E-state index >= 15 is 0 Å². The summed E-state index contributed by atoms with van der Waals surface area (Å²) in [6.45, 7) is 9.29. The fraction of sp³-hybridized carbons (Fsp3) is 0.200. The van der Waals surface area contributed by atoms with Gasteiger partial charge in [-0.2, -0.15) is 0 Å². The third-order valence-electron chi connectivity index (χ3n) is 5.87. The first-order valence-electron chi connectivity index (χ1n) is 9.46. The van der Waals surface area contributed by atoms with Crippen LogP contribution in [0.4, 0.5) is 0 Å². The van der Waals surface area contributed by atoms with Crippen molar-refractivity contribution < 1.29 is 0 Å². The van der Waals surface area contributed by atoms with Crippen molar-refractivity contribution in [3.63, 3.8) is 0 Å². The van der Waals surface area contributed by atoms with E-state index in [1.165, 1.54) is 49.8 Å². The minimum atomic E-state index is -0.236. The number of benzene rings is 2. The Labute approximate surface area is 164 Å². The maximum absolute atomic E-state index is 3.93. The highest BCUT2D eigenvalue weighted by Gasteiger charge is 2.24. The monoisotopic (exact) mass is 385 g/mol. The molecule has 2 aromatic heterocycles. The minimum Gasteiger partial charge on any atom is -0.120 e. The second-order valence-corrected chi connectivity index (χ2v) is 11.6. The fourth-order valence-electron chi connectivity index (χ4n) is 4.56. The van der Waals surface area contributed by atoms with Crippen molar-refractivity contribution in [3.05, 3.63) is 82.4 Å². The minimum absolute atomic E-state index is 0.234. The fourth-order valence-corrected chi connectivity index (χ4v) is 8.10. The SMILES string of the molecule is Cc1ccp(C)c1-c1[c]c2c(cc1-c1c(C)ccp1C)-c1ccccc1C2. The maximum atomic E-state index is 3.93. The molecule has 1 aliphatic rings. The lowest BCUT2D eigenvalue weighted by Gasteiger charge is -2.16. The smallest absolute Gasteiger partial charge is 0.00508 e. The van der Waals surface area contributed by atoms with Crippen LogP contribution in [-0.4, -0.2) is 0 Å². The Hall–Kier alpha value is -2.00. The van der Waals surface area contributed by atoms with Gasteiger partial charge >= 0.3 is 0 Å². The van der Waals surface area contributed by atoms with Gasteiger partial charge in [-0.25, -0.2) is 0 Å². The van der Waals surface area contributed by atoms with E-state index in [0.29, 0.717) is 0 Å². The number of aryl methyl sites for hydroxylation is 4. The molecule has 2 heterocycles. The lowest BCUT2D eigenvalue weighted by atomic mass is 9.94. The average molecular weight is 385 g/mol. The van der Waals surface area contributed by atoms with Crippen molar-refractivity contribution in [1.29, 1.82) is 0 Å². The Morgan fingerprint density at radius 3 is 2.11 bits per heavy atom. The standard InChI is InChI=1S/C25H23P2/c1-16-9-11-26(3)24(16)22-14-19-13-18-7-5-6-8-20(18)21(19)15-23(22)25-17(2)10-12-27(25)4/h5-12,15H,13H2,1-4H3. The molecule has 0 nitrogen and oxygen atoms in total. The van der Waals surface area contributed by atoms with Crippen LogP contribution < -0.4 is 0 Å². The Bertz CT molecular complexity index is 1150. The molecule has 0 amide bonds. The lowest BCUT2D eigenvalue weighted by Crippen LogP contribution is -1.90. The van der Waals surface area contributed by atoms with Crippen molar-refractivity contribution in [2.24, 2.45) is 13.3 Å². The maximum Gasteiger partial charge on any atom is 0.00508 e. The van der Waals surface area contributed by atoms with E-state index in [-0.39, 0.29) is 15.1 Å². The highest BCUT2D eigenvalue weighted by molar-refractivity contribution is 7.51. The van der Waals surface area contributed by atoms with Gasteiger partial charge in [0.05, 0.1) is 0 Å². The molecule has 0 aliphatic heterocycles. The van der Waals surface area contributed by atoms with Gasteiger partial charge < -0.3 is 0 Å². The van der Waals surface area contributed by atoms with Gasteiger partial charge in [0, 0.05) is 16.2 Å². The van der Waals surface area contributed by atoms with Crippen LogP contribution in [0, 0.1) is 19.9 Å². The Morgan fingerprint density at radius 1 is 0.778 bits per heavy atom.